The van der Waals surface area contributed by atoms with Crippen molar-refractivity contribution in [2.24, 2.45) is 0 Å². The van der Waals surface area contributed by atoms with Gasteiger partial charge >= 0.3 is 0 Å². The largest absolute Gasteiger partial charge is 0.390 e. The van der Waals surface area contributed by atoms with E-state index in [0.717, 1.165) is 30.6 Å². The normalized spacial score (nSPS) is 15.0. The molecule has 0 radical (unpaired) electrons. The molecule has 0 saturated heterocycles. The van der Waals surface area contributed by atoms with Gasteiger partial charge in [0, 0.05) is 23.5 Å². The van der Waals surface area contributed by atoms with Crippen LogP contribution in [-0.4, -0.2) is 56.8 Å². The fourth-order valence-corrected chi connectivity index (χ4v) is 4.26. The number of carbonyl (C=O) groups excluding carboxylic acids is 1. The summed E-state index contributed by atoms with van der Waals surface area (Å²) in [6, 6.07) is 6.35. The van der Waals surface area contributed by atoms with Gasteiger partial charge in [-0.2, -0.15) is 0 Å². The second kappa shape index (κ2) is 9.40. The first-order valence-corrected chi connectivity index (χ1v) is 11.1. The van der Waals surface area contributed by atoms with E-state index in [-0.39, 0.29) is 16.2 Å². The van der Waals surface area contributed by atoms with Crippen LogP contribution in [0.4, 0.5) is 19.0 Å². The maximum Gasteiger partial charge on any atom is 0.287 e. The van der Waals surface area contributed by atoms with Crippen molar-refractivity contribution in [2.75, 3.05) is 25.0 Å². The molecule has 33 heavy (non-hydrogen) atoms. The van der Waals surface area contributed by atoms with Crippen molar-refractivity contribution < 1.29 is 23.1 Å². The van der Waals surface area contributed by atoms with Crippen molar-refractivity contribution in [1.82, 2.24) is 25.5 Å². The number of aromatic nitrogens is 4. The summed E-state index contributed by atoms with van der Waals surface area (Å²) < 4.78 is 40.4. The Hall–Kier alpha value is -3.12. The summed E-state index contributed by atoms with van der Waals surface area (Å²) in [4.78, 5) is 20.4. The van der Waals surface area contributed by atoms with Crippen LogP contribution in [0.2, 0.25) is 0 Å². The summed E-state index contributed by atoms with van der Waals surface area (Å²) in [7, 11) is 0. The molecule has 1 aliphatic carbocycles. The van der Waals surface area contributed by atoms with Gasteiger partial charge in [-0.05, 0) is 37.1 Å². The van der Waals surface area contributed by atoms with Crippen LogP contribution in [0.15, 0.2) is 35.8 Å². The third-order valence-corrected chi connectivity index (χ3v) is 6.38. The summed E-state index contributed by atoms with van der Waals surface area (Å²) >= 11 is 0.982. The quantitative estimate of drug-likeness (QED) is 0.433. The Morgan fingerprint density at radius 1 is 1.21 bits per heavy atom. The smallest absolute Gasteiger partial charge is 0.287 e. The number of aliphatic hydroxyl groups excluding tert-OH is 1. The van der Waals surface area contributed by atoms with Crippen LogP contribution in [0, 0.1) is 5.82 Å². The molecule has 0 bridgehead atoms. The maximum atomic E-state index is 14.3. The zero-order valence-electron chi connectivity index (χ0n) is 17.4. The summed E-state index contributed by atoms with van der Waals surface area (Å²) in [5, 5.41) is 23.6. The number of rotatable bonds is 9. The van der Waals surface area contributed by atoms with E-state index in [4.69, 9.17) is 5.11 Å². The van der Waals surface area contributed by atoms with Crippen LogP contribution >= 0.6 is 11.3 Å². The number of aliphatic hydroxyl groups is 1. The molecule has 1 fully saturated rings. The molecule has 3 heterocycles. The minimum absolute atomic E-state index is 0.00736. The van der Waals surface area contributed by atoms with E-state index in [9.17, 15) is 18.0 Å². The standard InChI is InChI=1S/C21H21F3N6O2S/c22-13-3-1-8-25-17(13)20(6-2-7-20)10-26-16-5-4-14(29-30-16)15-9-33-19(28-15)18(32)27-11-21(23,24)12-31/h1,3-5,8-9,31H,2,6-7,10-12H2,(H,26,30)(H,27,32). The van der Waals surface area contributed by atoms with Gasteiger partial charge in [0.2, 0.25) is 0 Å². The Balaban J connectivity index is 1.38. The molecule has 0 unspecified atom stereocenters. The number of hydrogen-bond donors (Lipinski definition) is 3. The van der Waals surface area contributed by atoms with Crippen molar-refractivity contribution in [3.63, 3.8) is 0 Å². The maximum absolute atomic E-state index is 14.3. The fourth-order valence-electron chi connectivity index (χ4n) is 3.54. The number of nitrogens with one attached hydrogen (secondary N) is 2. The lowest BCUT2D eigenvalue weighted by Crippen LogP contribution is -2.42. The molecule has 8 nitrogen and oxygen atoms in total. The summed E-state index contributed by atoms with van der Waals surface area (Å²) in [6.45, 7) is -1.87. The Morgan fingerprint density at radius 3 is 2.67 bits per heavy atom. The molecule has 174 valence electrons. The van der Waals surface area contributed by atoms with Gasteiger partial charge < -0.3 is 15.7 Å². The predicted octanol–water partition coefficient (Wildman–Crippen LogP) is 3.03. The molecule has 0 aliphatic heterocycles. The van der Waals surface area contributed by atoms with Gasteiger partial charge in [0.15, 0.2) is 5.01 Å². The van der Waals surface area contributed by atoms with E-state index in [2.05, 4.69) is 25.5 Å². The average molecular weight is 479 g/mol. The number of anilines is 1. The number of halogens is 3. The number of amides is 1. The zero-order valence-corrected chi connectivity index (χ0v) is 18.2. The van der Waals surface area contributed by atoms with Crippen molar-refractivity contribution in [3.8, 4) is 11.4 Å². The number of hydrogen-bond acceptors (Lipinski definition) is 8. The molecule has 3 aromatic rings. The summed E-state index contributed by atoms with van der Waals surface area (Å²) in [6.07, 6.45) is 4.24. The van der Waals surface area contributed by atoms with Crippen LogP contribution in [0.5, 0.6) is 0 Å². The first kappa shape index (κ1) is 23.1. The second-order valence-corrected chi connectivity index (χ2v) is 8.72. The highest BCUT2D eigenvalue weighted by atomic mass is 32.1. The van der Waals surface area contributed by atoms with E-state index in [1.807, 2.05) is 5.32 Å². The van der Waals surface area contributed by atoms with Crippen molar-refractivity contribution in [3.05, 3.63) is 52.4 Å². The van der Waals surface area contributed by atoms with E-state index < -0.39 is 25.0 Å². The van der Waals surface area contributed by atoms with E-state index in [1.165, 1.54) is 6.07 Å². The first-order chi connectivity index (χ1) is 15.8. The molecule has 1 aliphatic rings. The minimum Gasteiger partial charge on any atom is -0.390 e. The lowest BCUT2D eigenvalue weighted by atomic mass is 9.66. The number of thiazole rings is 1. The third-order valence-electron chi connectivity index (χ3n) is 5.54. The Bertz CT molecular complexity index is 1120. The van der Waals surface area contributed by atoms with Crippen LogP contribution in [-0.2, 0) is 5.41 Å². The van der Waals surface area contributed by atoms with Crippen molar-refractivity contribution in [1.29, 1.82) is 0 Å². The van der Waals surface area contributed by atoms with E-state index >= 15 is 0 Å². The molecule has 0 aromatic carbocycles. The molecule has 4 rings (SSSR count). The number of nitrogens with zero attached hydrogens (tertiary/aromatic N) is 4. The monoisotopic (exact) mass is 478 g/mol. The summed E-state index contributed by atoms with van der Waals surface area (Å²) in [5.41, 5.74) is 0.864. The fraction of sp³-hybridized carbons (Fsp3) is 0.381. The third kappa shape index (κ3) is 5.11. The van der Waals surface area contributed by atoms with Gasteiger partial charge in [0.05, 0.1) is 12.2 Å². The number of pyridine rings is 1. The van der Waals surface area contributed by atoms with Crippen LogP contribution in [0.1, 0.15) is 34.8 Å². The van der Waals surface area contributed by atoms with Gasteiger partial charge in [-0.1, -0.05) is 6.42 Å². The second-order valence-electron chi connectivity index (χ2n) is 7.86. The molecule has 0 atom stereocenters. The first-order valence-electron chi connectivity index (χ1n) is 10.2. The van der Waals surface area contributed by atoms with Crippen LogP contribution in [0.25, 0.3) is 11.4 Å². The lowest BCUT2D eigenvalue weighted by molar-refractivity contribution is -0.0462. The highest BCUT2D eigenvalue weighted by molar-refractivity contribution is 7.12. The SMILES string of the molecule is O=C(NCC(F)(F)CO)c1nc(-c2ccc(NCC3(c4ncccc4F)CCC3)nn2)cs1. The van der Waals surface area contributed by atoms with Gasteiger partial charge in [0.25, 0.3) is 11.8 Å². The lowest BCUT2D eigenvalue weighted by Gasteiger charge is -2.41. The van der Waals surface area contributed by atoms with Crippen LogP contribution < -0.4 is 10.6 Å². The van der Waals surface area contributed by atoms with E-state index in [1.54, 1.807) is 29.8 Å². The molecule has 3 aromatic heterocycles. The van der Waals surface area contributed by atoms with Gasteiger partial charge in [-0.3, -0.25) is 9.78 Å². The van der Waals surface area contributed by atoms with Crippen molar-refractivity contribution >= 4 is 23.1 Å². The molecular weight excluding hydrogens is 457 g/mol. The van der Waals surface area contributed by atoms with Gasteiger partial charge in [-0.15, -0.1) is 21.5 Å². The van der Waals surface area contributed by atoms with Crippen molar-refractivity contribution in [2.45, 2.75) is 30.6 Å². The highest BCUT2D eigenvalue weighted by Gasteiger charge is 2.41. The summed E-state index contributed by atoms with van der Waals surface area (Å²) in [5.74, 6) is -3.98. The number of alkyl halides is 2. The Labute approximate surface area is 191 Å². The molecule has 12 heteroatoms. The molecule has 0 spiro atoms. The van der Waals surface area contributed by atoms with Gasteiger partial charge in [-0.25, -0.2) is 18.2 Å². The topological polar surface area (TPSA) is 113 Å². The Kier molecular flexibility index (Phi) is 6.56. The van der Waals surface area contributed by atoms with E-state index in [0.29, 0.717) is 29.4 Å². The molecule has 1 amide bonds. The molecule has 1 saturated carbocycles. The number of carbonyl (C=O) groups is 1. The Morgan fingerprint density at radius 2 is 2.03 bits per heavy atom. The zero-order chi connectivity index (χ0) is 23.5. The molecule has 3 N–H and O–H groups in total. The van der Waals surface area contributed by atoms with Crippen LogP contribution in [0.3, 0.4) is 0 Å². The minimum atomic E-state index is -3.40. The molecular formula is C21H21F3N6O2S. The van der Waals surface area contributed by atoms with Gasteiger partial charge in [0.1, 0.15) is 29.6 Å². The highest BCUT2D eigenvalue weighted by Crippen LogP contribution is 2.43. The average Bonchev–Trinajstić information content (AvgIpc) is 3.29. The predicted molar refractivity (Wildman–Crippen MR) is 116 cm³/mol.